The molecule has 1 unspecified atom stereocenters. The van der Waals surface area contributed by atoms with Gasteiger partial charge in [0.05, 0.1) is 5.57 Å². The van der Waals surface area contributed by atoms with E-state index in [1.165, 1.54) is 17.1 Å². The first-order valence-electron chi connectivity index (χ1n) is 7.99. The molecular weight excluding hydrogens is 335 g/mol. The molecule has 0 aliphatic carbocycles. The lowest BCUT2D eigenvalue weighted by molar-refractivity contribution is -0.113. The fraction of sp³-hybridized carbons (Fsp3) is 0.111. The lowest BCUT2D eigenvalue weighted by Gasteiger charge is -2.28. The standard InChI is InChI=1S/C18H15FN6O/c1-11-15(17(26)24-14-8-4-5-9-20-14)16(12-6-2-3-7-13(12)19)25-18(23-11)21-10-22-25/h2-10,16H,1H3,(H,20,24,26)(H,21,22,23). The summed E-state index contributed by atoms with van der Waals surface area (Å²) < 4.78 is 16.0. The Hall–Kier alpha value is -3.55. The number of pyridine rings is 1. The predicted octanol–water partition coefficient (Wildman–Crippen LogP) is 2.74. The lowest BCUT2D eigenvalue weighted by Crippen LogP contribution is -2.32. The highest BCUT2D eigenvalue weighted by Gasteiger charge is 2.34. The fourth-order valence-corrected chi connectivity index (χ4v) is 2.99. The van der Waals surface area contributed by atoms with Crippen LogP contribution in [0.3, 0.4) is 0 Å². The number of aromatic nitrogens is 4. The Kier molecular flexibility index (Phi) is 3.92. The molecule has 0 saturated heterocycles. The second-order valence-corrected chi connectivity index (χ2v) is 5.79. The highest BCUT2D eigenvalue weighted by atomic mass is 19.1. The van der Waals surface area contributed by atoms with Crippen molar-refractivity contribution < 1.29 is 9.18 Å². The summed E-state index contributed by atoms with van der Waals surface area (Å²) in [4.78, 5) is 21.2. The molecule has 8 heteroatoms. The summed E-state index contributed by atoms with van der Waals surface area (Å²) in [7, 11) is 0. The van der Waals surface area contributed by atoms with Gasteiger partial charge in [-0.3, -0.25) is 4.79 Å². The van der Waals surface area contributed by atoms with Crippen LogP contribution in [0.1, 0.15) is 18.5 Å². The van der Waals surface area contributed by atoms with Gasteiger partial charge < -0.3 is 10.6 Å². The van der Waals surface area contributed by atoms with Crippen molar-refractivity contribution in [1.29, 1.82) is 0 Å². The molecule has 1 aliphatic heterocycles. The highest BCUT2D eigenvalue weighted by Crippen LogP contribution is 2.36. The van der Waals surface area contributed by atoms with Gasteiger partial charge >= 0.3 is 0 Å². The zero-order valence-electron chi connectivity index (χ0n) is 13.8. The highest BCUT2D eigenvalue weighted by molar-refractivity contribution is 6.05. The quantitative estimate of drug-likeness (QED) is 0.759. The van der Waals surface area contributed by atoms with E-state index in [0.29, 0.717) is 28.6 Å². The summed E-state index contributed by atoms with van der Waals surface area (Å²) in [5.74, 6) is 0.0551. The SMILES string of the molecule is CC1=C(C(=O)Nc2ccccn2)C(c2ccccc2F)n2ncnc2N1. The number of hydrogen-bond donors (Lipinski definition) is 2. The molecule has 0 saturated carbocycles. The van der Waals surface area contributed by atoms with Gasteiger partial charge in [-0.1, -0.05) is 24.3 Å². The number of hydrogen-bond acceptors (Lipinski definition) is 5. The third kappa shape index (κ3) is 2.71. The molecule has 0 fully saturated rings. The minimum atomic E-state index is -0.737. The largest absolute Gasteiger partial charge is 0.328 e. The number of nitrogens with one attached hydrogen (secondary N) is 2. The molecule has 7 nitrogen and oxygen atoms in total. The fourth-order valence-electron chi connectivity index (χ4n) is 2.99. The van der Waals surface area contributed by atoms with Gasteiger partial charge in [-0.25, -0.2) is 14.1 Å². The summed E-state index contributed by atoms with van der Waals surface area (Å²) in [6.45, 7) is 1.75. The van der Waals surface area contributed by atoms with Gasteiger partial charge in [0.25, 0.3) is 5.91 Å². The van der Waals surface area contributed by atoms with Crippen molar-refractivity contribution in [3.05, 3.63) is 77.6 Å². The zero-order chi connectivity index (χ0) is 18.1. The van der Waals surface area contributed by atoms with Crippen LogP contribution in [0.15, 0.2) is 66.3 Å². The molecule has 3 heterocycles. The molecular formula is C18H15FN6O. The van der Waals surface area contributed by atoms with E-state index in [9.17, 15) is 9.18 Å². The lowest BCUT2D eigenvalue weighted by atomic mass is 9.94. The Bertz CT molecular complexity index is 998. The number of carbonyl (C=O) groups is 1. The van der Waals surface area contributed by atoms with E-state index in [1.807, 2.05) is 0 Å². The number of allylic oxidation sites excluding steroid dienone is 1. The molecule has 0 radical (unpaired) electrons. The maximum atomic E-state index is 14.5. The van der Waals surface area contributed by atoms with Crippen LogP contribution in [0.25, 0.3) is 0 Å². The Morgan fingerprint density at radius 1 is 1.19 bits per heavy atom. The van der Waals surface area contributed by atoms with Crippen LogP contribution in [0.2, 0.25) is 0 Å². The summed E-state index contributed by atoms with van der Waals surface area (Å²) >= 11 is 0. The van der Waals surface area contributed by atoms with Crippen LogP contribution < -0.4 is 10.6 Å². The van der Waals surface area contributed by atoms with E-state index in [4.69, 9.17) is 0 Å². The summed E-state index contributed by atoms with van der Waals surface area (Å²) in [6.07, 6.45) is 2.95. The van der Waals surface area contributed by atoms with E-state index in [1.54, 1.807) is 49.5 Å². The van der Waals surface area contributed by atoms with Crippen LogP contribution in [-0.4, -0.2) is 25.7 Å². The monoisotopic (exact) mass is 350 g/mol. The minimum absolute atomic E-state index is 0.339. The Labute approximate surface area is 148 Å². The second kappa shape index (κ2) is 6.40. The van der Waals surface area contributed by atoms with Crippen molar-refractivity contribution in [2.75, 3.05) is 10.6 Å². The van der Waals surface area contributed by atoms with Crippen LogP contribution >= 0.6 is 0 Å². The van der Waals surface area contributed by atoms with Gasteiger partial charge in [0, 0.05) is 17.5 Å². The average Bonchev–Trinajstić information content (AvgIpc) is 3.10. The Balaban J connectivity index is 1.80. The van der Waals surface area contributed by atoms with E-state index < -0.39 is 11.9 Å². The Morgan fingerprint density at radius 2 is 2.00 bits per heavy atom. The number of carbonyl (C=O) groups excluding carboxylic acids is 1. The van der Waals surface area contributed by atoms with Crippen LogP contribution in [0.5, 0.6) is 0 Å². The number of amides is 1. The first-order valence-corrected chi connectivity index (χ1v) is 7.99. The maximum absolute atomic E-state index is 14.5. The number of anilines is 2. The van der Waals surface area contributed by atoms with Gasteiger partial charge in [-0.15, -0.1) is 0 Å². The third-order valence-electron chi connectivity index (χ3n) is 4.15. The third-order valence-corrected chi connectivity index (χ3v) is 4.15. The molecule has 0 bridgehead atoms. The number of rotatable bonds is 3. The van der Waals surface area contributed by atoms with E-state index in [-0.39, 0.29) is 5.91 Å². The van der Waals surface area contributed by atoms with Gasteiger partial charge in [-0.2, -0.15) is 10.1 Å². The van der Waals surface area contributed by atoms with Gasteiger partial charge in [0.15, 0.2) is 0 Å². The molecule has 1 atom stereocenters. The van der Waals surface area contributed by atoms with Gasteiger partial charge in [0.1, 0.15) is 24.0 Å². The summed E-state index contributed by atoms with van der Waals surface area (Å²) in [6, 6.07) is 10.8. The molecule has 0 spiro atoms. The van der Waals surface area contributed by atoms with Crippen LogP contribution in [0, 0.1) is 5.82 Å². The van der Waals surface area contributed by atoms with E-state index >= 15 is 0 Å². The summed E-state index contributed by atoms with van der Waals surface area (Å²) in [5, 5.41) is 9.97. The molecule has 2 N–H and O–H groups in total. The first-order chi connectivity index (χ1) is 12.6. The minimum Gasteiger partial charge on any atom is -0.328 e. The number of fused-ring (bicyclic) bond motifs is 1. The molecule has 4 rings (SSSR count). The number of halogens is 1. The summed E-state index contributed by atoms with van der Waals surface area (Å²) in [5.41, 5.74) is 1.26. The molecule has 1 aliphatic rings. The first kappa shape index (κ1) is 15.9. The zero-order valence-corrected chi connectivity index (χ0v) is 13.8. The van der Waals surface area contributed by atoms with Gasteiger partial charge in [0.2, 0.25) is 5.95 Å². The molecule has 130 valence electrons. The molecule has 1 aromatic carbocycles. The average molecular weight is 350 g/mol. The van der Waals surface area contributed by atoms with Crippen LogP contribution in [-0.2, 0) is 4.79 Å². The molecule has 3 aromatic rings. The normalized spacial score (nSPS) is 16.0. The number of benzene rings is 1. The topological polar surface area (TPSA) is 84.7 Å². The smallest absolute Gasteiger partial charge is 0.257 e. The maximum Gasteiger partial charge on any atom is 0.257 e. The van der Waals surface area contributed by atoms with E-state index in [2.05, 4.69) is 25.7 Å². The molecule has 2 aromatic heterocycles. The van der Waals surface area contributed by atoms with Gasteiger partial charge in [-0.05, 0) is 25.1 Å². The molecule has 1 amide bonds. The predicted molar refractivity (Wildman–Crippen MR) is 93.8 cm³/mol. The van der Waals surface area contributed by atoms with Crippen molar-refractivity contribution in [2.24, 2.45) is 0 Å². The van der Waals surface area contributed by atoms with Crippen molar-refractivity contribution in [2.45, 2.75) is 13.0 Å². The van der Waals surface area contributed by atoms with E-state index in [0.717, 1.165) is 0 Å². The second-order valence-electron chi connectivity index (χ2n) is 5.79. The van der Waals surface area contributed by atoms with Crippen molar-refractivity contribution >= 4 is 17.7 Å². The molecule has 26 heavy (non-hydrogen) atoms. The Morgan fingerprint density at radius 3 is 2.77 bits per heavy atom. The van der Waals surface area contributed by atoms with Crippen molar-refractivity contribution in [3.63, 3.8) is 0 Å². The van der Waals surface area contributed by atoms with Crippen molar-refractivity contribution in [3.8, 4) is 0 Å². The van der Waals surface area contributed by atoms with Crippen LogP contribution in [0.4, 0.5) is 16.2 Å². The van der Waals surface area contributed by atoms with Crippen molar-refractivity contribution in [1.82, 2.24) is 19.7 Å². The number of nitrogens with zero attached hydrogens (tertiary/aromatic N) is 4.